The highest BCUT2D eigenvalue weighted by molar-refractivity contribution is 7.22. The van der Waals surface area contributed by atoms with Crippen LogP contribution in [0.1, 0.15) is 10.4 Å². The Morgan fingerprint density at radius 1 is 1.20 bits per heavy atom. The molecule has 7 heteroatoms. The quantitative estimate of drug-likeness (QED) is 0.724. The van der Waals surface area contributed by atoms with Crippen LogP contribution in [-0.4, -0.2) is 54.1 Å². The van der Waals surface area contributed by atoms with Gasteiger partial charge >= 0.3 is 0 Å². The van der Waals surface area contributed by atoms with Crippen molar-refractivity contribution >= 4 is 32.6 Å². The molecule has 3 heterocycles. The van der Waals surface area contributed by atoms with E-state index in [1.807, 2.05) is 29.2 Å². The van der Waals surface area contributed by atoms with Gasteiger partial charge in [-0.25, -0.2) is 4.98 Å². The van der Waals surface area contributed by atoms with Crippen molar-refractivity contribution in [1.82, 2.24) is 14.9 Å². The Bertz CT molecular complexity index is 888. The number of fused-ring (bicyclic) bond motifs is 1. The van der Waals surface area contributed by atoms with Gasteiger partial charge in [0.15, 0.2) is 5.13 Å². The van der Waals surface area contributed by atoms with Gasteiger partial charge in [0.1, 0.15) is 5.75 Å². The van der Waals surface area contributed by atoms with E-state index >= 15 is 0 Å². The molecule has 128 valence electrons. The van der Waals surface area contributed by atoms with Crippen LogP contribution in [0.3, 0.4) is 0 Å². The molecule has 1 fully saturated rings. The van der Waals surface area contributed by atoms with Gasteiger partial charge in [-0.15, -0.1) is 0 Å². The number of nitrogens with zero attached hydrogens (tertiary/aromatic N) is 4. The van der Waals surface area contributed by atoms with E-state index in [1.54, 1.807) is 36.9 Å². The summed E-state index contributed by atoms with van der Waals surface area (Å²) >= 11 is 1.67. The zero-order valence-corrected chi connectivity index (χ0v) is 14.7. The number of piperazine rings is 1. The molecule has 2 aromatic heterocycles. The first-order valence-electron chi connectivity index (χ1n) is 8.13. The number of anilines is 1. The highest BCUT2D eigenvalue weighted by Gasteiger charge is 2.24. The van der Waals surface area contributed by atoms with E-state index in [9.17, 15) is 4.79 Å². The minimum absolute atomic E-state index is 0.0433. The van der Waals surface area contributed by atoms with E-state index in [2.05, 4.69) is 9.88 Å². The highest BCUT2D eigenvalue weighted by Crippen LogP contribution is 2.31. The van der Waals surface area contributed by atoms with E-state index in [-0.39, 0.29) is 5.91 Å². The Balaban J connectivity index is 1.46. The molecule has 0 unspecified atom stereocenters. The summed E-state index contributed by atoms with van der Waals surface area (Å²) in [6.07, 6.45) is 3.30. The van der Waals surface area contributed by atoms with Crippen LogP contribution in [-0.2, 0) is 0 Å². The van der Waals surface area contributed by atoms with E-state index in [1.165, 1.54) is 0 Å². The van der Waals surface area contributed by atoms with E-state index in [0.717, 1.165) is 34.2 Å². The summed E-state index contributed by atoms with van der Waals surface area (Å²) in [7, 11) is 1.66. The molecule has 6 nitrogen and oxygen atoms in total. The van der Waals surface area contributed by atoms with Crippen molar-refractivity contribution in [2.24, 2.45) is 0 Å². The van der Waals surface area contributed by atoms with Gasteiger partial charge in [0.2, 0.25) is 0 Å². The van der Waals surface area contributed by atoms with Crippen LogP contribution < -0.4 is 9.64 Å². The molecule has 0 radical (unpaired) electrons. The van der Waals surface area contributed by atoms with Crippen LogP contribution in [0, 0.1) is 0 Å². The number of carbonyl (C=O) groups is 1. The number of amides is 1. The van der Waals surface area contributed by atoms with Crippen molar-refractivity contribution in [3.63, 3.8) is 0 Å². The molecular weight excluding hydrogens is 336 g/mol. The van der Waals surface area contributed by atoms with Crippen LogP contribution >= 0.6 is 11.3 Å². The maximum atomic E-state index is 12.5. The first-order chi connectivity index (χ1) is 12.2. The minimum atomic E-state index is 0.0433. The summed E-state index contributed by atoms with van der Waals surface area (Å²) in [6.45, 7) is 2.94. The van der Waals surface area contributed by atoms with Gasteiger partial charge in [-0.2, -0.15) is 0 Å². The number of pyridine rings is 1. The van der Waals surface area contributed by atoms with Gasteiger partial charge in [0, 0.05) is 44.6 Å². The van der Waals surface area contributed by atoms with Crippen molar-refractivity contribution in [3.8, 4) is 5.75 Å². The van der Waals surface area contributed by atoms with Crippen LogP contribution in [0.2, 0.25) is 0 Å². The molecule has 0 spiro atoms. The lowest BCUT2D eigenvalue weighted by atomic mass is 10.2. The van der Waals surface area contributed by atoms with Crippen molar-refractivity contribution in [1.29, 1.82) is 0 Å². The zero-order valence-electron chi connectivity index (χ0n) is 13.9. The van der Waals surface area contributed by atoms with Crippen molar-refractivity contribution in [3.05, 3.63) is 48.3 Å². The highest BCUT2D eigenvalue weighted by atomic mass is 32.1. The number of ether oxygens (including phenoxy) is 1. The second-order valence-electron chi connectivity index (χ2n) is 5.85. The van der Waals surface area contributed by atoms with Crippen LogP contribution in [0.15, 0.2) is 42.7 Å². The Labute approximate surface area is 149 Å². The van der Waals surface area contributed by atoms with E-state index in [4.69, 9.17) is 9.72 Å². The van der Waals surface area contributed by atoms with E-state index < -0.39 is 0 Å². The van der Waals surface area contributed by atoms with Gasteiger partial charge in [-0.1, -0.05) is 11.3 Å². The Hall–Kier alpha value is -2.67. The fraction of sp³-hybridized carbons (Fsp3) is 0.278. The summed E-state index contributed by atoms with van der Waals surface area (Å²) in [5.74, 6) is 0.859. The SMILES string of the molecule is COc1ccc2sc(N3CCN(C(=O)c4cccnc4)CC3)nc2c1. The van der Waals surface area contributed by atoms with Gasteiger partial charge < -0.3 is 14.5 Å². The normalized spacial score (nSPS) is 14.8. The monoisotopic (exact) mass is 354 g/mol. The first kappa shape index (κ1) is 15.8. The summed E-state index contributed by atoms with van der Waals surface area (Å²) in [4.78, 5) is 25.4. The molecule has 1 aliphatic heterocycles. The zero-order chi connectivity index (χ0) is 17.2. The largest absolute Gasteiger partial charge is 0.497 e. The average Bonchev–Trinajstić information content (AvgIpc) is 3.11. The molecule has 1 saturated heterocycles. The molecule has 0 aliphatic carbocycles. The fourth-order valence-electron chi connectivity index (χ4n) is 2.93. The molecular formula is C18H18N4O2S. The molecule has 0 saturated carbocycles. The van der Waals surface area contributed by atoms with Crippen molar-refractivity contribution in [2.75, 3.05) is 38.2 Å². The standard InChI is InChI=1S/C18H18N4O2S/c1-24-14-4-5-16-15(11-14)20-18(25-16)22-9-7-21(8-10-22)17(23)13-3-2-6-19-12-13/h2-6,11-12H,7-10H2,1H3. The number of hydrogen-bond donors (Lipinski definition) is 0. The number of hydrogen-bond acceptors (Lipinski definition) is 6. The first-order valence-corrected chi connectivity index (χ1v) is 8.95. The predicted molar refractivity (Wildman–Crippen MR) is 98.5 cm³/mol. The Kier molecular flexibility index (Phi) is 4.23. The lowest BCUT2D eigenvalue weighted by molar-refractivity contribution is 0.0746. The van der Waals surface area contributed by atoms with Crippen LogP contribution in [0.4, 0.5) is 5.13 Å². The molecule has 0 atom stereocenters. The number of thiazole rings is 1. The smallest absolute Gasteiger partial charge is 0.255 e. The van der Waals surface area contributed by atoms with Gasteiger partial charge in [-0.3, -0.25) is 9.78 Å². The molecule has 1 aliphatic rings. The Morgan fingerprint density at radius 3 is 2.76 bits per heavy atom. The average molecular weight is 354 g/mol. The Morgan fingerprint density at radius 2 is 2.04 bits per heavy atom. The number of aromatic nitrogens is 2. The molecule has 1 aromatic carbocycles. The molecule has 0 N–H and O–H groups in total. The van der Waals surface area contributed by atoms with Crippen molar-refractivity contribution < 1.29 is 9.53 Å². The molecule has 1 amide bonds. The van der Waals surface area contributed by atoms with Crippen molar-refractivity contribution in [2.45, 2.75) is 0 Å². The summed E-state index contributed by atoms with van der Waals surface area (Å²) in [5, 5.41) is 0.997. The number of benzene rings is 1. The minimum Gasteiger partial charge on any atom is -0.497 e. The second kappa shape index (κ2) is 6.68. The summed E-state index contributed by atoms with van der Waals surface area (Å²) in [5.41, 5.74) is 1.59. The number of carbonyl (C=O) groups excluding carboxylic acids is 1. The fourth-order valence-corrected chi connectivity index (χ4v) is 3.93. The third kappa shape index (κ3) is 3.15. The third-order valence-electron chi connectivity index (χ3n) is 4.33. The van der Waals surface area contributed by atoms with Gasteiger partial charge in [0.25, 0.3) is 5.91 Å². The van der Waals surface area contributed by atoms with Crippen LogP contribution in [0.5, 0.6) is 5.75 Å². The second-order valence-corrected chi connectivity index (χ2v) is 6.86. The van der Waals surface area contributed by atoms with Gasteiger partial charge in [-0.05, 0) is 24.3 Å². The van der Waals surface area contributed by atoms with E-state index in [0.29, 0.717) is 18.7 Å². The maximum absolute atomic E-state index is 12.5. The molecule has 4 rings (SSSR count). The summed E-state index contributed by atoms with van der Waals surface area (Å²) in [6, 6.07) is 9.55. The number of rotatable bonds is 3. The predicted octanol–water partition coefficient (Wildman–Crippen LogP) is 2.66. The van der Waals surface area contributed by atoms with Crippen LogP contribution in [0.25, 0.3) is 10.2 Å². The lowest BCUT2D eigenvalue weighted by Gasteiger charge is -2.34. The van der Waals surface area contributed by atoms with Gasteiger partial charge in [0.05, 0.1) is 22.9 Å². The number of methoxy groups -OCH3 is 1. The maximum Gasteiger partial charge on any atom is 0.255 e. The molecule has 3 aromatic rings. The summed E-state index contributed by atoms with van der Waals surface area (Å²) < 4.78 is 6.40. The lowest BCUT2D eigenvalue weighted by Crippen LogP contribution is -2.48. The third-order valence-corrected chi connectivity index (χ3v) is 5.43. The molecule has 25 heavy (non-hydrogen) atoms. The molecule has 0 bridgehead atoms. The topological polar surface area (TPSA) is 58.6 Å².